The van der Waals surface area contributed by atoms with Crippen molar-refractivity contribution in [1.29, 1.82) is 0 Å². The Morgan fingerprint density at radius 1 is 0.808 bits per heavy atom. The van der Waals surface area contributed by atoms with Crippen molar-refractivity contribution in [2.45, 2.75) is 111 Å². The molecule has 0 amide bonds. The lowest BCUT2D eigenvalue weighted by atomic mass is 9.69. The first-order valence-corrected chi connectivity index (χ1v) is 11.6. The van der Waals surface area contributed by atoms with Crippen LogP contribution in [0.25, 0.3) is 0 Å². The van der Waals surface area contributed by atoms with E-state index < -0.39 is 5.97 Å². The van der Waals surface area contributed by atoms with E-state index in [-0.39, 0.29) is 0 Å². The molecule has 0 aromatic carbocycles. The van der Waals surface area contributed by atoms with Crippen molar-refractivity contribution < 1.29 is 14.2 Å². The van der Waals surface area contributed by atoms with Gasteiger partial charge in [-0.05, 0) is 70.6 Å². The highest BCUT2D eigenvalue weighted by Gasteiger charge is 2.58. The van der Waals surface area contributed by atoms with Crippen molar-refractivity contribution in [3.05, 3.63) is 0 Å². The molecule has 0 N–H and O–H groups in total. The summed E-state index contributed by atoms with van der Waals surface area (Å²) < 4.78 is 18.8. The fourth-order valence-corrected chi connectivity index (χ4v) is 5.74. The molecular formula is C23H44O3. The minimum absolute atomic E-state index is 0.369. The second-order valence-electron chi connectivity index (χ2n) is 8.52. The summed E-state index contributed by atoms with van der Waals surface area (Å²) >= 11 is 0. The molecule has 0 aromatic rings. The summed E-state index contributed by atoms with van der Waals surface area (Å²) in [5.41, 5.74) is 0.383. The summed E-state index contributed by atoms with van der Waals surface area (Å²) in [5, 5.41) is 0. The average molecular weight is 369 g/mol. The van der Waals surface area contributed by atoms with Gasteiger partial charge in [-0.3, -0.25) is 0 Å². The molecule has 3 heteroatoms. The summed E-state index contributed by atoms with van der Waals surface area (Å²) in [6, 6.07) is 0. The number of hydrogen-bond acceptors (Lipinski definition) is 3. The molecule has 1 atom stereocenters. The van der Waals surface area contributed by atoms with Crippen LogP contribution >= 0.6 is 0 Å². The molecule has 0 aliphatic heterocycles. The van der Waals surface area contributed by atoms with Gasteiger partial charge in [-0.25, -0.2) is 0 Å². The molecule has 2 fully saturated rings. The number of ether oxygens (including phenoxy) is 3. The van der Waals surface area contributed by atoms with E-state index in [0.29, 0.717) is 31.2 Å². The van der Waals surface area contributed by atoms with Crippen molar-refractivity contribution in [3.63, 3.8) is 0 Å². The van der Waals surface area contributed by atoms with Gasteiger partial charge in [-0.15, -0.1) is 0 Å². The molecule has 0 spiro atoms. The van der Waals surface area contributed by atoms with E-state index in [1.54, 1.807) is 0 Å². The third-order valence-electron chi connectivity index (χ3n) is 6.85. The second-order valence-corrected chi connectivity index (χ2v) is 8.52. The Balaban J connectivity index is 2.12. The van der Waals surface area contributed by atoms with Gasteiger partial charge in [-0.2, -0.15) is 0 Å². The first-order valence-electron chi connectivity index (χ1n) is 11.6. The lowest BCUT2D eigenvalue weighted by molar-refractivity contribution is -0.415. The van der Waals surface area contributed by atoms with Crippen LogP contribution in [0.3, 0.4) is 0 Å². The number of rotatable bonds is 15. The highest BCUT2D eigenvalue weighted by Crippen LogP contribution is 2.62. The number of fused-ring (bicyclic) bond motifs is 2. The van der Waals surface area contributed by atoms with Gasteiger partial charge < -0.3 is 14.2 Å². The Kier molecular flexibility index (Phi) is 9.40. The Morgan fingerprint density at radius 3 is 1.81 bits per heavy atom. The van der Waals surface area contributed by atoms with Gasteiger partial charge in [-0.1, -0.05) is 45.4 Å². The molecule has 2 saturated carbocycles. The summed E-state index contributed by atoms with van der Waals surface area (Å²) in [6.45, 7) is 10.4. The van der Waals surface area contributed by atoms with Crippen LogP contribution in [-0.2, 0) is 14.2 Å². The van der Waals surface area contributed by atoms with Gasteiger partial charge in [0.05, 0.1) is 0 Å². The van der Waals surface area contributed by atoms with Crippen LogP contribution in [0.2, 0.25) is 0 Å². The van der Waals surface area contributed by atoms with Gasteiger partial charge >= 0.3 is 0 Å². The van der Waals surface area contributed by atoms with Crippen molar-refractivity contribution in [3.8, 4) is 0 Å². The molecule has 2 bridgehead atoms. The first-order chi connectivity index (χ1) is 12.7. The summed E-state index contributed by atoms with van der Waals surface area (Å²) in [4.78, 5) is 0. The zero-order valence-corrected chi connectivity index (χ0v) is 18.0. The molecule has 3 nitrogen and oxygen atoms in total. The average Bonchev–Trinajstić information content (AvgIpc) is 3.23. The lowest BCUT2D eigenvalue weighted by Gasteiger charge is -2.47. The van der Waals surface area contributed by atoms with Crippen LogP contribution in [0, 0.1) is 17.3 Å². The molecule has 2 rings (SSSR count). The third kappa shape index (κ3) is 5.23. The monoisotopic (exact) mass is 368 g/mol. The van der Waals surface area contributed by atoms with E-state index in [1.807, 2.05) is 0 Å². The Morgan fingerprint density at radius 2 is 1.35 bits per heavy atom. The van der Waals surface area contributed by atoms with Gasteiger partial charge in [0.15, 0.2) is 0 Å². The van der Waals surface area contributed by atoms with Crippen molar-refractivity contribution in [1.82, 2.24) is 0 Å². The zero-order valence-electron chi connectivity index (χ0n) is 18.0. The molecule has 0 radical (unpaired) electrons. The predicted octanol–water partition coefficient (Wildman–Crippen LogP) is 6.70. The molecule has 2 aliphatic rings. The molecule has 1 unspecified atom stereocenters. The maximum absolute atomic E-state index is 6.28. The normalized spacial score (nSPS) is 26.5. The SMILES string of the molecule is CCCCCCCCC(C12CCC(CC1)C2)C(OCC)(OCC)OCC. The summed E-state index contributed by atoms with van der Waals surface area (Å²) in [6.07, 6.45) is 16.0. The number of unbranched alkanes of at least 4 members (excludes halogenated alkanes) is 5. The van der Waals surface area contributed by atoms with Crippen molar-refractivity contribution in [2.24, 2.45) is 17.3 Å². The lowest BCUT2D eigenvalue weighted by Crippen LogP contribution is -2.52. The van der Waals surface area contributed by atoms with Crippen LogP contribution in [0.15, 0.2) is 0 Å². The van der Waals surface area contributed by atoms with E-state index in [4.69, 9.17) is 14.2 Å². The molecule has 0 heterocycles. The summed E-state index contributed by atoms with van der Waals surface area (Å²) in [5.74, 6) is 0.471. The molecular weight excluding hydrogens is 324 g/mol. The Hall–Kier alpha value is -0.120. The molecule has 0 aromatic heterocycles. The molecule has 26 heavy (non-hydrogen) atoms. The van der Waals surface area contributed by atoms with Crippen LogP contribution in [0.4, 0.5) is 0 Å². The fourth-order valence-electron chi connectivity index (χ4n) is 5.74. The van der Waals surface area contributed by atoms with Crippen LogP contribution in [-0.4, -0.2) is 25.8 Å². The van der Waals surface area contributed by atoms with Gasteiger partial charge in [0.1, 0.15) is 0 Å². The zero-order chi connectivity index (χ0) is 18.9. The van der Waals surface area contributed by atoms with E-state index >= 15 is 0 Å². The minimum atomic E-state index is -0.832. The largest absolute Gasteiger partial charge is 0.328 e. The van der Waals surface area contributed by atoms with Gasteiger partial charge in [0.2, 0.25) is 0 Å². The van der Waals surface area contributed by atoms with E-state index in [9.17, 15) is 0 Å². The highest BCUT2D eigenvalue weighted by molar-refractivity contribution is 5.02. The third-order valence-corrected chi connectivity index (χ3v) is 6.85. The van der Waals surface area contributed by atoms with Crippen LogP contribution in [0.1, 0.15) is 105 Å². The topological polar surface area (TPSA) is 27.7 Å². The molecule has 154 valence electrons. The van der Waals surface area contributed by atoms with Crippen LogP contribution in [0.5, 0.6) is 0 Å². The predicted molar refractivity (Wildman–Crippen MR) is 108 cm³/mol. The number of hydrogen-bond donors (Lipinski definition) is 0. The minimum Gasteiger partial charge on any atom is -0.328 e. The van der Waals surface area contributed by atoms with E-state index in [1.165, 1.54) is 77.0 Å². The maximum atomic E-state index is 6.28. The first kappa shape index (κ1) is 22.2. The fraction of sp³-hybridized carbons (Fsp3) is 1.00. The van der Waals surface area contributed by atoms with Crippen LogP contribution < -0.4 is 0 Å². The van der Waals surface area contributed by atoms with E-state index in [0.717, 1.165) is 5.92 Å². The van der Waals surface area contributed by atoms with Gasteiger partial charge in [0.25, 0.3) is 5.97 Å². The van der Waals surface area contributed by atoms with Crippen molar-refractivity contribution >= 4 is 0 Å². The molecule has 0 saturated heterocycles. The van der Waals surface area contributed by atoms with E-state index in [2.05, 4.69) is 27.7 Å². The quantitative estimate of drug-likeness (QED) is 0.238. The molecule has 2 aliphatic carbocycles. The standard InChI is InChI=1S/C23H44O3/c1-5-9-10-11-12-13-14-21(22-17-15-20(19-22)16-18-22)23(24-6-2,25-7-3)26-8-4/h20-21H,5-19H2,1-4H3. The Bertz CT molecular complexity index is 357. The summed E-state index contributed by atoms with van der Waals surface area (Å²) in [7, 11) is 0. The maximum Gasteiger partial charge on any atom is 0.286 e. The van der Waals surface area contributed by atoms with Gasteiger partial charge in [0, 0.05) is 25.7 Å². The second kappa shape index (κ2) is 11.0. The van der Waals surface area contributed by atoms with Crippen molar-refractivity contribution in [2.75, 3.05) is 19.8 Å². The highest BCUT2D eigenvalue weighted by atomic mass is 16.9. The smallest absolute Gasteiger partial charge is 0.286 e. The Labute approximate surface area is 162 Å².